The number of nitrogens with two attached hydrogens (primary N) is 1. The van der Waals surface area contributed by atoms with E-state index in [2.05, 4.69) is 13.8 Å². The lowest BCUT2D eigenvalue weighted by atomic mass is 9.95. The number of ether oxygens (including phenoxy) is 3. The van der Waals surface area contributed by atoms with Crippen LogP contribution in [-0.2, 0) is 0 Å². The van der Waals surface area contributed by atoms with E-state index >= 15 is 0 Å². The van der Waals surface area contributed by atoms with E-state index in [1.165, 1.54) is 0 Å². The molecule has 0 radical (unpaired) electrons. The minimum atomic E-state index is -0.626. The maximum absolute atomic E-state index is 10.3. The van der Waals surface area contributed by atoms with Crippen LogP contribution in [0.4, 0.5) is 0 Å². The van der Waals surface area contributed by atoms with Crippen LogP contribution >= 0.6 is 12.4 Å². The van der Waals surface area contributed by atoms with Crippen LogP contribution in [0.1, 0.15) is 38.3 Å². The highest BCUT2D eigenvalue weighted by Gasteiger charge is 2.24. The highest BCUT2D eigenvalue weighted by atomic mass is 35.5. The van der Waals surface area contributed by atoms with Gasteiger partial charge in [-0.3, -0.25) is 0 Å². The Morgan fingerprint density at radius 2 is 1.59 bits per heavy atom. The summed E-state index contributed by atoms with van der Waals surface area (Å²) in [6.45, 7) is 4.24. The number of aliphatic hydroxyl groups excluding tert-OH is 1. The first-order valence-corrected chi connectivity index (χ1v) is 7.18. The summed E-state index contributed by atoms with van der Waals surface area (Å²) in [4.78, 5) is 0. The molecule has 6 heteroatoms. The summed E-state index contributed by atoms with van der Waals surface area (Å²) in [6, 6.07) is 3.05. The summed E-state index contributed by atoms with van der Waals surface area (Å²) in [5.74, 6) is 2.10. The second-order valence-corrected chi connectivity index (χ2v) is 5.49. The van der Waals surface area contributed by atoms with E-state index in [1.807, 2.05) is 6.07 Å². The van der Waals surface area contributed by atoms with E-state index in [0.29, 0.717) is 35.2 Å². The SMILES string of the molecule is COc1ccc([C@@H](N)[C@@H](O)CCC(C)C)c(OC)c1OC.Cl. The molecule has 0 heterocycles. The fraction of sp³-hybridized carbons (Fsp3) is 0.625. The van der Waals surface area contributed by atoms with Gasteiger partial charge < -0.3 is 25.1 Å². The van der Waals surface area contributed by atoms with Crippen molar-refractivity contribution in [3.63, 3.8) is 0 Å². The molecule has 0 fully saturated rings. The fourth-order valence-electron chi connectivity index (χ4n) is 2.28. The monoisotopic (exact) mass is 333 g/mol. The van der Waals surface area contributed by atoms with Crippen molar-refractivity contribution in [3.05, 3.63) is 17.7 Å². The van der Waals surface area contributed by atoms with E-state index in [-0.39, 0.29) is 12.4 Å². The van der Waals surface area contributed by atoms with Crippen molar-refractivity contribution >= 4 is 12.4 Å². The summed E-state index contributed by atoms with van der Waals surface area (Å²) in [5.41, 5.74) is 6.90. The van der Waals surface area contributed by atoms with E-state index < -0.39 is 12.1 Å². The molecule has 5 nitrogen and oxygen atoms in total. The summed E-state index contributed by atoms with van der Waals surface area (Å²) in [5, 5.41) is 10.3. The predicted molar refractivity (Wildman–Crippen MR) is 90.4 cm³/mol. The molecule has 0 aromatic heterocycles. The molecule has 22 heavy (non-hydrogen) atoms. The minimum absolute atomic E-state index is 0. The number of benzene rings is 1. The Balaban J connectivity index is 0.00000441. The molecule has 1 rings (SSSR count). The lowest BCUT2D eigenvalue weighted by Crippen LogP contribution is -2.27. The summed E-state index contributed by atoms with van der Waals surface area (Å²) < 4.78 is 16.0. The van der Waals surface area contributed by atoms with E-state index in [1.54, 1.807) is 27.4 Å². The number of halogens is 1. The largest absolute Gasteiger partial charge is 0.493 e. The third-order valence-electron chi connectivity index (χ3n) is 3.55. The average Bonchev–Trinajstić information content (AvgIpc) is 2.49. The van der Waals surface area contributed by atoms with Crippen molar-refractivity contribution in [1.82, 2.24) is 0 Å². The number of methoxy groups -OCH3 is 3. The van der Waals surface area contributed by atoms with Crippen LogP contribution in [-0.4, -0.2) is 32.5 Å². The summed E-state index contributed by atoms with van der Waals surface area (Å²) >= 11 is 0. The van der Waals surface area contributed by atoms with E-state index in [4.69, 9.17) is 19.9 Å². The van der Waals surface area contributed by atoms with Gasteiger partial charge in [-0.05, 0) is 30.9 Å². The van der Waals surface area contributed by atoms with Crippen molar-refractivity contribution in [2.75, 3.05) is 21.3 Å². The van der Waals surface area contributed by atoms with Gasteiger partial charge in [0.1, 0.15) is 0 Å². The van der Waals surface area contributed by atoms with Crippen molar-refractivity contribution in [2.24, 2.45) is 11.7 Å². The van der Waals surface area contributed by atoms with Gasteiger partial charge in [-0.15, -0.1) is 12.4 Å². The molecule has 0 aliphatic heterocycles. The molecular weight excluding hydrogens is 306 g/mol. The number of aliphatic hydroxyl groups is 1. The Morgan fingerprint density at radius 3 is 2.05 bits per heavy atom. The van der Waals surface area contributed by atoms with Crippen molar-refractivity contribution < 1.29 is 19.3 Å². The lowest BCUT2D eigenvalue weighted by Gasteiger charge is -2.23. The molecule has 0 unspecified atom stereocenters. The lowest BCUT2D eigenvalue weighted by molar-refractivity contribution is 0.127. The Labute approximate surface area is 139 Å². The molecule has 1 aromatic rings. The Bertz CT molecular complexity index is 454. The van der Waals surface area contributed by atoms with Gasteiger partial charge in [0.15, 0.2) is 11.5 Å². The van der Waals surface area contributed by atoms with Crippen LogP contribution in [0.2, 0.25) is 0 Å². The van der Waals surface area contributed by atoms with E-state index in [9.17, 15) is 5.11 Å². The van der Waals surface area contributed by atoms with Crippen LogP contribution in [0.25, 0.3) is 0 Å². The molecule has 0 aliphatic rings. The Kier molecular flexibility index (Phi) is 9.25. The van der Waals surface area contributed by atoms with Crippen molar-refractivity contribution in [1.29, 1.82) is 0 Å². The van der Waals surface area contributed by atoms with Gasteiger partial charge >= 0.3 is 0 Å². The van der Waals surface area contributed by atoms with Crippen LogP contribution in [0.5, 0.6) is 17.2 Å². The van der Waals surface area contributed by atoms with Gasteiger partial charge in [-0.25, -0.2) is 0 Å². The molecule has 0 spiro atoms. The highest BCUT2D eigenvalue weighted by Crippen LogP contribution is 2.42. The standard InChI is InChI=1S/C16H27NO4.ClH/c1-10(2)6-8-12(18)14(17)11-7-9-13(19-3)16(21-5)15(11)20-4;/h7,9-10,12,14,18H,6,8,17H2,1-5H3;1H/t12-,14+;/m0./s1. The smallest absolute Gasteiger partial charge is 0.203 e. The molecule has 0 amide bonds. The molecule has 3 N–H and O–H groups in total. The maximum Gasteiger partial charge on any atom is 0.203 e. The van der Waals surface area contributed by atoms with Gasteiger partial charge in [-0.2, -0.15) is 0 Å². The van der Waals surface area contributed by atoms with Gasteiger partial charge in [0.05, 0.1) is 33.5 Å². The number of hydrogen-bond acceptors (Lipinski definition) is 5. The zero-order chi connectivity index (χ0) is 16.0. The van der Waals surface area contributed by atoms with Crippen molar-refractivity contribution in [3.8, 4) is 17.2 Å². The molecular formula is C16H28ClNO4. The minimum Gasteiger partial charge on any atom is -0.493 e. The average molecular weight is 334 g/mol. The zero-order valence-corrected chi connectivity index (χ0v) is 14.8. The molecule has 128 valence electrons. The summed E-state index contributed by atoms with van der Waals surface area (Å²) in [6.07, 6.45) is 0.945. The summed E-state index contributed by atoms with van der Waals surface area (Å²) in [7, 11) is 4.66. The van der Waals surface area contributed by atoms with Crippen LogP contribution in [0, 0.1) is 5.92 Å². The Hall–Kier alpha value is -1.17. The number of hydrogen-bond donors (Lipinski definition) is 2. The van der Waals surface area contributed by atoms with Gasteiger partial charge in [0.25, 0.3) is 0 Å². The highest BCUT2D eigenvalue weighted by molar-refractivity contribution is 5.85. The number of rotatable bonds is 8. The van der Waals surface area contributed by atoms with Crippen LogP contribution in [0.3, 0.4) is 0 Å². The second kappa shape index (κ2) is 9.77. The third-order valence-corrected chi connectivity index (χ3v) is 3.55. The van der Waals surface area contributed by atoms with Crippen molar-refractivity contribution in [2.45, 2.75) is 38.8 Å². The molecule has 0 saturated carbocycles. The quantitative estimate of drug-likeness (QED) is 0.765. The first-order chi connectivity index (χ1) is 9.96. The zero-order valence-electron chi connectivity index (χ0n) is 14.0. The van der Waals surface area contributed by atoms with Crippen LogP contribution < -0.4 is 19.9 Å². The molecule has 1 aromatic carbocycles. The molecule has 0 bridgehead atoms. The molecule has 0 aliphatic carbocycles. The predicted octanol–water partition coefficient (Wildman–Crippen LogP) is 2.93. The fourth-order valence-corrected chi connectivity index (χ4v) is 2.28. The molecule has 2 atom stereocenters. The Morgan fingerprint density at radius 1 is 1.00 bits per heavy atom. The van der Waals surface area contributed by atoms with Gasteiger partial charge in [0, 0.05) is 5.56 Å². The first-order valence-electron chi connectivity index (χ1n) is 7.18. The topological polar surface area (TPSA) is 73.9 Å². The first kappa shape index (κ1) is 20.8. The molecule has 0 saturated heterocycles. The normalized spacial score (nSPS) is 13.3. The van der Waals surface area contributed by atoms with Gasteiger partial charge in [-0.1, -0.05) is 13.8 Å². The van der Waals surface area contributed by atoms with Gasteiger partial charge in [0.2, 0.25) is 5.75 Å². The maximum atomic E-state index is 10.3. The van der Waals surface area contributed by atoms with E-state index in [0.717, 1.165) is 6.42 Å². The van der Waals surface area contributed by atoms with Crippen LogP contribution in [0.15, 0.2) is 12.1 Å². The second-order valence-electron chi connectivity index (χ2n) is 5.49. The third kappa shape index (κ3) is 4.93.